The lowest BCUT2D eigenvalue weighted by Crippen LogP contribution is -2.12. The third-order valence-corrected chi connectivity index (χ3v) is 1.34. The van der Waals surface area contributed by atoms with Crippen molar-refractivity contribution in [3.8, 4) is 0 Å². The fourth-order valence-corrected chi connectivity index (χ4v) is 0.548. The van der Waals surface area contributed by atoms with E-state index in [0.29, 0.717) is 5.92 Å². The summed E-state index contributed by atoms with van der Waals surface area (Å²) < 4.78 is 0. The van der Waals surface area contributed by atoms with Gasteiger partial charge in [0.05, 0.1) is 6.10 Å². The molecule has 0 aromatic rings. The zero-order valence-electron chi connectivity index (χ0n) is 6.96. The smallest absolute Gasteiger partial charge is 0.0744 e. The molecule has 2 heteroatoms. The quantitative estimate of drug-likeness (QED) is 0.570. The van der Waals surface area contributed by atoms with Crippen molar-refractivity contribution in [2.75, 3.05) is 13.6 Å². The van der Waals surface area contributed by atoms with Gasteiger partial charge in [0, 0.05) is 6.54 Å². The maximum Gasteiger partial charge on any atom is 0.0744 e. The Kier molecular flexibility index (Phi) is 5.26. The molecule has 0 spiro atoms. The summed E-state index contributed by atoms with van der Waals surface area (Å²) in [4.78, 5) is 0. The molecule has 0 saturated heterocycles. The lowest BCUT2D eigenvalue weighted by atomic mass is 10.1. The van der Waals surface area contributed by atoms with Gasteiger partial charge in [0.25, 0.3) is 0 Å². The van der Waals surface area contributed by atoms with Gasteiger partial charge in [-0.1, -0.05) is 26.0 Å². The maximum absolute atomic E-state index is 9.24. The van der Waals surface area contributed by atoms with Crippen LogP contribution in [0, 0.1) is 5.92 Å². The molecule has 2 N–H and O–H groups in total. The fourth-order valence-electron chi connectivity index (χ4n) is 0.548. The lowest BCUT2D eigenvalue weighted by Gasteiger charge is -2.07. The van der Waals surface area contributed by atoms with E-state index in [1.165, 1.54) is 0 Å². The summed E-state index contributed by atoms with van der Waals surface area (Å²) in [6.07, 6.45) is 3.46. The van der Waals surface area contributed by atoms with Crippen LogP contribution in [0.2, 0.25) is 0 Å². The van der Waals surface area contributed by atoms with Crippen LogP contribution < -0.4 is 5.32 Å². The number of hydrogen-bond donors (Lipinski definition) is 2. The van der Waals surface area contributed by atoms with Crippen LogP contribution in [0.5, 0.6) is 0 Å². The Hall–Kier alpha value is -0.340. The molecule has 0 saturated carbocycles. The van der Waals surface area contributed by atoms with Crippen molar-refractivity contribution in [3.05, 3.63) is 12.2 Å². The molecule has 1 atom stereocenters. The fraction of sp³-hybridized carbons (Fsp3) is 0.750. The van der Waals surface area contributed by atoms with E-state index in [2.05, 4.69) is 5.32 Å². The Morgan fingerprint density at radius 3 is 2.50 bits per heavy atom. The largest absolute Gasteiger partial charge is 0.389 e. The molecule has 0 bridgehead atoms. The number of aliphatic hydroxyl groups is 1. The van der Waals surface area contributed by atoms with Crippen LogP contribution in [0.4, 0.5) is 0 Å². The average molecular weight is 143 g/mol. The summed E-state index contributed by atoms with van der Waals surface area (Å²) in [5.41, 5.74) is 0. The van der Waals surface area contributed by atoms with Gasteiger partial charge in [0.1, 0.15) is 0 Å². The van der Waals surface area contributed by atoms with E-state index >= 15 is 0 Å². The number of rotatable bonds is 4. The van der Waals surface area contributed by atoms with E-state index < -0.39 is 0 Å². The van der Waals surface area contributed by atoms with Crippen LogP contribution in [0.3, 0.4) is 0 Å². The second-order valence-electron chi connectivity index (χ2n) is 2.72. The van der Waals surface area contributed by atoms with E-state index in [1.54, 1.807) is 0 Å². The minimum Gasteiger partial charge on any atom is -0.389 e. The SMILES string of the molecule is CNC/C=C/[C@H](O)C(C)C. The first-order chi connectivity index (χ1) is 4.68. The highest BCUT2D eigenvalue weighted by atomic mass is 16.3. The van der Waals surface area contributed by atoms with Gasteiger partial charge < -0.3 is 10.4 Å². The van der Waals surface area contributed by atoms with Crippen LogP contribution >= 0.6 is 0 Å². The second kappa shape index (κ2) is 5.45. The van der Waals surface area contributed by atoms with Crippen LogP contribution in [-0.2, 0) is 0 Å². The third kappa shape index (κ3) is 4.53. The lowest BCUT2D eigenvalue weighted by molar-refractivity contribution is 0.172. The van der Waals surface area contributed by atoms with Crippen molar-refractivity contribution < 1.29 is 5.11 Å². The van der Waals surface area contributed by atoms with Crippen LogP contribution in [0.15, 0.2) is 12.2 Å². The van der Waals surface area contributed by atoms with Gasteiger partial charge >= 0.3 is 0 Å². The molecule has 0 aliphatic rings. The minimum absolute atomic E-state index is 0.298. The summed E-state index contributed by atoms with van der Waals surface area (Å²) in [5, 5.41) is 12.2. The second-order valence-corrected chi connectivity index (χ2v) is 2.72. The monoisotopic (exact) mass is 143 g/mol. The molecule has 10 heavy (non-hydrogen) atoms. The normalized spacial score (nSPS) is 14.9. The van der Waals surface area contributed by atoms with E-state index in [0.717, 1.165) is 6.54 Å². The number of likely N-dealkylation sites (N-methyl/N-ethyl adjacent to an activating group) is 1. The minimum atomic E-state index is -0.298. The molecule has 0 heterocycles. The van der Waals surface area contributed by atoms with Gasteiger partial charge in [-0.2, -0.15) is 0 Å². The van der Waals surface area contributed by atoms with Crippen molar-refractivity contribution >= 4 is 0 Å². The summed E-state index contributed by atoms with van der Waals surface area (Å²) in [7, 11) is 1.88. The van der Waals surface area contributed by atoms with Crippen LogP contribution in [0.1, 0.15) is 13.8 Å². The highest BCUT2D eigenvalue weighted by molar-refractivity contribution is 4.90. The first kappa shape index (κ1) is 9.66. The number of nitrogens with one attached hydrogen (secondary N) is 1. The third-order valence-electron chi connectivity index (χ3n) is 1.34. The van der Waals surface area contributed by atoms with Gasteiger partial charge in [0.15, 0.2) is 0 Å². The molecule has 0 fully saturated rings. The summed E-state index contributed by atoms with van der Waals surface area (Å²) in [5.74, 6) is 0.313. The summed E-state index contributed by atoms with van der Waals surface area (Å²) >= 11 is 0. The molecule has 0 rings (SSSR count). The van der Waals surface area contributed by atoms with Crippen molar-refractivity contribution in [3.63, 3.8) is 0 Å². The number of hydrogen-bond acceptors (Lipinski definition) is 2. The van der Waals surface area contributed by atoms with Crippen molar-refractivity contribution in [2.24, 2.45) is 5.92 Å². The molecule has 0 aliphatic heterocycles. The van der Waals surface area contributed by atoms with Gasteiger partial charge in [-0.3, -0.25) is 0 Å². The van der Waals surface area contributed by atoms with Crippen molar-refractivity contribution in [1.82, 2.24) is 5.32 Å². The van der Waals surface area contributed by atoms with Crippen molar-refractivity contribution in [1.29, 1.82) is 0 Å². The predicted octanol–water partition coefficient (Wildman–Crippen LogP) is 0.779. The topological polar surface area (TPSA) is 32.3 Å². The molecular weight excluding hydrogens is 126 g/mol. The standard InChI is InChI=1S/C8H17NO/c1-7(2)8(10)5-4-6-9-3/h4-5,7-10H,6H2,1-3H3/b5-4+/t8-/m0/s1. The van der Waals surface area contributed by atoms with Gasteiger partial charge in [0.2, 0.25) is 0 Å². The molecule has 0 radical (unpaired) electrons. The first-order valence-electron chi connectivity index (χ1n) is 3.67. The van der Waals surface area contributed by atoms with Gasteiger partial charge in [-0.05, 0) is 13.0 Å². The zero-order chi connectivity index (χ0) is 7.98. The first-order valence-corrected chi connectivity index (χ1v) is 3.67. The van der Waals surface area contributed by atoms with Crippen molar-refractivity contribution in [2.45, 2.75) is 20.0 Å². The molecule has 60 valence electrons. The Morgan fingerprint density at radius 1 is 1.50 bits per heavy atom. The highest BCUT2D eigenvalue weighted by Crippen LogP contribution is 2.01. The van der Waals surface area contributed by atoms with Gasteiger partial charge in [-0.25, -0.2) is 0 Å². The number of aliphatic hydroxyl groups excluding tert-OH is 1. The molecule has 0 amide bonds. The van der Waals surface area contributed by atoms with Crippen LogP contribution in [-0.4, -0.2) is 24.8 Å². The van der Waals surface area contributed by atoms with E-state index in [9.17, 15) is 5.11 Å². The predicted molar refractivity (Wildman–Crippen MR) is 43.9 cm³/mol. The van der Waals surface area contributed by atoms with E-state index in [1.807, 2.05) is 33.0 Å². The Morgan fingerprint density at radius 2 is 2.10 bits per heavy atom. The Labute approximate surface area is 62.9 Å². The maximum atomic E-state index is 9.24. The average Bonchev–Trinajstić information content (AvgIpc) is 1.88. The summed E-state index contributed by atoms with van der Waals surface area (Å²) in [6.45, 7) is 4.81. The Balaban J connectivity index is 3.45. The molecule has 0 aromatic carbocycles. The van der Waals surface area contributed by atoms with E-state index in [-0.39, 0.29) is 6.10 Å². The molecule has 0 aromatic heterocycles. The van der Waals surface area contributed by atoms with E-state index in [4.69, 9.17) is 0 Å². The molecule has 0 aliphatic carbocycles. The molecular formula is C8H17NO. The van der Waals surface area contributed by atoms with Crippen LogP contribution in [0.25, 0.3) is 0 Å². The Bertz CT molecular complexity index is 99.4. The molecule has 2 nitrogen and oxygen atoms in total. The zero-order valence-corrected chi connectivity index (χ0v) is 6.96. The highest BCUT2D eigenvalue weighted by Gasteiger charge is 2.02. The van der Waals surface area contributed by atoms with Gasteiger partial charge in [-0.15, -0.1) is 0 Å². The summed E-state index contributed by atoms with van der Waals surface area (Å²) in [6, 6.07) is 0. The molecule has 0 unspecified atom stereocenters.